The van der Waals surface area contributed by atoms with Crippen molar-refractivity contribution < 1.29 is 51.2 Å². The minimum Gasteiger partial charge on any atom is -0.416 e. The van der Waals surface area contributed by atoms with Gasteiger partial charge in [0.2, 0.25) is 6.29 Å². The van der Waals surface area contributed by atoms with E-state index >= 15 is 0 Å². The fourth-order valence-electron chi connectivity index (χ4n) is 4.80. The van der Waals surface area contributed by atoms with Crippen LogP contribution in [0.3, 0.4) is 0 Å². The summed E-state index contributed by atoms with van der Waals surface area (Å²) in [5.41, 5.74) is 1.32. The largest absolute Gasteiger partial charge is 0.573 e. The van der Waals surface area contributed by atoms with Gasteiger partial charge in [0.15, 0.2) is 5.69 Å². The van der Waals surface area contributed by atoms with Crippen LogP contribution in [0.25, 0.3) is 10.9 Å². The number of anilines is 2. The number of nitrogens with one attached hydrogen (secondary N) is 1. The maximum atomic E-state index is 13.3. The third-order valence-corrected chi connectivity index (χ3v) is 6.83. The van der Waals surface area contributed by atoms with Gasteiger partial charge in [-0.05, 0) is 49.4 Å². The van der Waals surface area contributed by atoms with Crippen molar-refractivity contribution in [2.24, 2.45) is 7.05 Å². The molecule has 0 spiro atoms. The SMILES string of the molecule is CO[C@@H]1[C@@H](OC)[C@H](C)O[C@@H](OC(=O)Nc2ccc3c(C(=O)N(C)c4ccc(OC(F)(F)F)cc4)nn(C)c3c2)[C@@H]1OC. The summed E-state index contributed by atoms with van der Waals surface area (Å²) in [6.45, 7) is 1.77. The van der Waals surface area contributed by atoms with E-state index in [0.29, 0.717) is 22.3 Å². The fourth-order valence-corrected chi connectivity index (χ4v) is 4.80. The molecule has 1 saturated heterocycles. The number of rotatable bonds is 8. The van der Waals surface area contributed by atoms with E-state index in [2.05, 4.69) is 15.2 Å². The number of nitrogens with zero attached hydrogens (tertiary/aromatic N) is 3. The van der Waals surface area contributed by atoms with Crippen LogP contribution in [-0.4, -0.2) is 87.2 Å². The van der Waals surface area contributed by atoms with Crippen molar-refractivity contribution in [1.29, 1.82) is 0 Å². The number of alkyl halides is 3. The second kappa shape index (κ2) is 12.5. The van der Waals surface area contributed by atoms with Gasteiger partial charge in [-0.15, -0.1) is 13.2 Å². The van der Waals surface area contributed by atoms with Crippen LogP contribution in [0, 0.1) is 0 Å². The van der Waals surface area contributed by atoms with Crippen LogP contribution in [0.5, 0.6) is 5.75 Å². The number of fused-ring (bicyclic) bond motifs is 1. The van der Waals surface area contributed by atoms with Crippen molar-refractivity contribution in [2.45, 2.75) is 44.0 Å². The number of methoxy groups -OCH3 is 3. The summed E-state index contributed by atoms with van der Waals surface area (Å²) in [6.07, 6.45) is -8.89. The predicted molar refractivity (Wildman–Crippen MR) is 143 cm³/mol. The highest BCUT2D eigenvalue weighted by molar-refractivity contribution is 6.12. The molecule has 4 rings (SSSR count). The first-order chi connectivity index (χ1) is 19.9. The van der Waals surface area contributed by atoms with Gasteiger partial charge in [0.25, 0.3) is 5.91 Å². The van der Waals surface area contributed by atoms with Crippen LogP contribution < -0.4 is 15.0 Å². The third kappa shape index (κ3) is 6.59. The van der Waals surface area contributed by atoms with Gasteiger partial charge >= 0.3 is 12.5 Å². The average Bonchev–Trinajstić information content (AvgIpc) is 3.26. The molecular formula is C27H31F3N4O8. The second-order valence-corrected chi connectivity index (χ2v) is 9.45. The number of aryl methyl sites for hydroxylation is 1. The van der Waals surface area contributed by atoms with Crippen LogP contribution >= 0.6 is 0 Å². The zero-order valence-electron chi connectivity index (χ0n) is 23.7. The average molecular weight is 597 g/mol. The quantitative estimate of drug-likeness (QED) is 0.410. The number of hydrogen-bond donors (Lipinski definition) is 1. The van der Waals surface area contributed by atoms with Crippen molar-refractivity contribution >= 4 is 34.3 Å². The Hall–Kier alpha value is -3.92. The lowest BCUT2D eigenvalue weighted by Crippen LogP contribution is -2.59. The number of carbonyl (C=O) groups excluding carboxylic acids is 2. The first-order valence-electron chi connectivity index (χ1n) is 12.7. The van der Waals surface area contributed by atoms with Gasteiger partial charge in [-0.2, -0.15) is 5.10 Å². The van der Waals surface area contributed by atoms with E-state index in [1.165, 1.54) is 50.1 Å². The molecule has 0 aliphatic carbocycles. The molecule has 0 radical (unpaired) electrons. The lowest BCUT2D eigenvalue weighted by Gasteiger charge is -2.43. The molecule has 15 heteroatoms. The first-order valence-corrected chi connectivity index (χ1v) is 12.7. The van der Waals surface area contributed by atoms with Crippen molar-refractivity contribution in [3.63, 3.8) is 0 Å². The summed E-state index contributed by atoms with van der Waals surface area (Å²) in [6, 6.07) is 9.67. The molecule has 0 unspecified atom stereocenters. The Kier molecular flexibility index (Phi) is 9.25. The third-order valence-electron chi connectivity index (χ3n) is 6.83. The van der Waals surface area contributed by atoms with Crippen LogP contribution in [0.2, 0.25) is 0 Å². The van der Waals surface area contributed by atoms with E-state index in [9.17, 15) is 22.8 Å². The number of hydrogen-bond acceptors (Lipinski definition) is 9. The van der Waals surface area contributed by atoms with E-state index in [0.717, 1.165) is 12.1 Å². The summed E-state index contributed by atoms with van der Waals surface area (Å²) in [5, 5.41) is 7.45. The molecule has 5 atom stereocenters. The predicted octanol–water partition coefficient (Wildman–Crippen LogP) is 4.09. The van der Waals surface area contributed by atoms with Gasteiger partial charge in [-0.25, -0.2) is 4.79 Å². The normalized spacial score (nSPS) is 22.5. The molecule has 1 fully saturated rings. The summed E-state index contributed by atoms with van der Waals surface area (Å²) in [4.78, 5) is 27.3. The number of carbonyl (C=O) groups is 2. The molecule has 2 amide bonds. The number of amides is 2. The molecule has 228 valence electrons. The molecule has 2 heterocycles. The van der Waals surface area contributed by atoms with Gasteiger partial charge in [0, 0.05) is 52.2 Å². The number of ether oxygens (including phenoxy) is 6. The molecule has 1 aliphatic heterocycles. The summed E-state index contributed by atoms with van der Waals surface area (Å²) in [7, 11) is 7.57. The Balaban J connectivity index is 1.47. The minimum absolute atomic E-state index is 0.102. The van der Waals surface area contributed by atoms with E-state index in [1.54, 1.807) is 32.2 Å². The second-order valence-electron chi connectivity index (χ2n) is 9.45. The highest BCUT2D eigenvalue weighted by Crippen LogP contribution is 2.30. The van der Waals surface area contributed by atoms with Crippen LogP contribution in [0.4, 0.5) is 29.3 Å². The molecular weight excluding hydrogens is 565 g/mol. The Bertz CT molecular complexity index is 1410. The van der Waals surface area contributed by atoms with Crippen LogP contribution in [0.15, 0.2) is 42.5 Å². The Morgan fingerprint density at radius 1 is 1.00 bits per heavy atom. The first kappa shape index (κ1) is 31.0. The maximum Gasteiger partial charge on any atom is 0.573 e. The van der Waals surface area contributed by atoms with Crippen molar-refractivity contribution in [3.8, 4) is 5.75 Å². The van der Waals surface area contributed by atoms with E-state index in [1.807, 2.05) is 0 Å². The maximum absolute atomic E-state index is 13.3. The van der Waals surface area contributed by atoms with Gasteiger partial charge in [0.1, 0.15) is 24.1 Å². The number of halogens is 3. The standard InChI is InChI=1S/C27H31F3N4O8/c1-14-21(37-4)22(38-5)23(39-6)25(40-14)41-26(36)31-15-7-12-18-19(13-15)34(3)32-20(18)24(35)33(2)16-8-10-17(11-9-16)42-27(28,29)30/h7-14,21-23,25H,1-6H3,(H,31,36)/t14-,21-,22+,23+,25-/m0/s1. The summed E-state index contributed by atoms with van der Waals surface area (Å²) >= 11 is 0. The molecule has 3 aromatic rings. The van der Waals surface area contributed by atoms with Crippen molar-refractivity contribution in [2.75, 3.05) is 38.6 Å². The molecule has 1 N–H and O–H groups in total. The zero-order valence-corrected chi connectivity index (χ0v) is 23.7. The monoisotopic (exact) mass is 596 g/mol. The topological polar surface area (TPSA) is 123 Å². The van der Waals surface area contributed by atoms with Crippen molar-refractivity contribution in [3.05, 3.63) is 48.2 Å². The van der Waals surface area contributed by atoms with E-state index < -0.39 is 54.8 Å². The lowest BCUT2D eigenvalue weighted by atomic mass is 9.99. The van der Waals surface area contributed by atoms with Gasteiger partial charge in [0.05, 0.1) is 11.6 Å². The Morgan fingerprint density at radius 2 is 1.64 bits per heavy atom. The van der Waals surface area contributed by atoms with E-state index in [4.69, 9.17) is 23.7 Å². The molecule has 2 aromatic carbocycles. The van der Waals surface area contributed by atoms with Gasteiger partial charge < -0.3 is 33.3 Å². The van der Waals surface area contributed by atoms with Crippen molar-refractivity contribution in [1.82, 2.24) is 9.78 Å². The van der Waals surface area contributed by atoms with Gasteiger partial charge in [-0.3, -0.25) is 14.8 Å². The van der Waals surface area contributed by atoms with Crippen LogP contribution in [-0.2, 0) is 30.7 Å². The minimum atomic E-state index is -4.82. The van der Waals surface area contributed by atoms with Crippen LogP contribution in [0.1, 0.15) is 17.4 Å². The molecule has 1 aliphatic rings. The zero-order chi connectivity index (χ0) is 30.8. The summed E-state index contributed by atoms with van der Waals surface area (Å²) < 4.78 is 70.5. The highest BCUT2D eigenvalue weighted by Gasteiger charge is 2.47. The highest BCUT2D eigenvalue weighted by atomic mass is 19.4. The fraction of sp³-hybridized carbons (Fsp3) is 0.444. The molecule has 12 nitrogen and oxygen atoms in total. The molecule has 0 bridgehead atoms. The van der Waals surface area contributed by atoms with Gasteiger partial charge in [-0.1, -0.05) is 0 Å². The Labute approximate surface area is 239 Å². The Morgan fingerprint density at radius 3 is 2.24 bits per heavy atom. The smallest absolute Gasteiger partial charge is 0.416 e. The number of benzene rings is 2. The molecule has 0 saturated carbocycles. The number of aromatic nitrogens is 2. The summed E-state index contributed by atoms with van der Waals surface area (Å²) in [5.74, 6) is -0.907. The molecule has 42 heavy (non-hydrogen) atoms. The van der Waals surface area contributed by atoms with E-state index in [-0.39, 0.29) is 5.69 Å². The molecule has 1 aromatic heterocycles. The lowest BCUT2D eigenvalue weighted by molar-refractivity contribution is -0.288.